The van der Waals surface area contributed by atoms with Crippen LogP contribution in [0.25, 0.3) is 0 Å². The van der Waals surface area contributed by atoms with Crippen LogP contribution in [-0.4, -0.2) is 32.8 Å². The molecule has 0 aliphatic heterocycles. The zero-order valence-corrected chi connectivity index (χ0v) is 11.7. The lowest BCUT2D eigenvalue weighted by atomic mass is 9.71. The van der Waals surface area contributed by atoms with Crippen molar-refractivity contribution in [2.24, 2.45) is 5.41 Å². The van der Waals surface area contributed by atoms with Gasteiger partial charge in [0, 0.05) is 31.4 Å². The van der Waals surface area contributed by atoms with E-state index in [0.29, 0.717) is 19.4 Å². The summed E-state index contributed by atoms with van der Waals surface area (Å²) >= 11 is 0. The van der Waals surface area contributed by atoms with Crippen LogP contribution in [0.4, 0.5) is 0 Å². The third kappa shape index (κ3) is 3.18. The number of amides is 1. The second-order valence-corrected chi connectivity index (χ2v) is 5.61. The van der Waals surface area contributed by atoms with Gasteiger partial charge in [0.1, 0.15) is 0 Å². The second kappa shape index (κ2) is 6.07. The Morgan fingerprint density at radius 1 is 1.50 bits per heavy atom. The Morgan fingerprint density at radius 3 is 2.95 bits per heavy atom. The quantitative estimate of drug-likeness (QED) is 0.853. The highest BCUT2D eigenvalue weighted by molar-refractivity contribution is 5.79. The number of aryl methyl sites for hydroxylation is 1. The summed E-state index contributed by atoms with van der Waals surface area (Å²) < 4.78 is 1.69. The lowest BCUT2D eigenvalue weighted by Crippen LogP contribution is -2.52. The van der Waals surface area contributed by atoms with E-state index in [1.807, 2.05) is 0 Å². The first-order chi connectivity index (χ1) is 9.52. The van der Waals surface area contributed by atoms with Gasteiger partial charge in [-0.3, -0.25) is 14.3 Å². The van der Waals surface area contributed by atoms with Crippen molar-refractivity contribution in [2.75, 3.05) is 0 Å². The average Bonchev–Trinajstić information content (AvgIpc) is 2.92. The van der Waals surface area contributed by atoms with Gasteiger partial charge >= 0.3 is 5.97 Å². The molecule has 2 unspecified atom stereocenters. The predicted molar refractivity (Wildman–Crippen MR) is 73.0 cm³/mol. The molecule has 6 nitrogen and oxygen atoms in total. The number of carboxylic acids is 1. The van der Waals surface area contributed by atoms with Crippen LogP contribution in [0.3, 0.4) is 0 Å². The van der Waals surface area contributed by atoms with Crippen LogP contribution in [0, 0.1) is 5.41 Å². The van der Waals surface area contributed by atoms with Gasteiger partial charge in [-0.25, -0.2) is 0 Å². The number of aromatic nitrogens is 2. The summed E-state index contributed by atoms with van der Waals surface area (Å²) in [5, 5.41) is 16.3. The van der Waals surface area contributed by atoms with Gasteiger partial charge in [-0.05, 0) is 25.8 Å². The SMILES string of the molecule is CC1(C(=O)O)CCCCC1NC(=O)CCn1cccn1. The Hall–Kier alpha value is -1.85. The van der Waals surface area contributed by atoms with Crippen molar-refractivity contribution >= 4 is 11.9 Å². The first kappa shape index (κ1) is 14.6. The number of carboxylic acid groups (broad SMARTS) is 1. The van der Waals surface area contributed by atoms with E-state index in [4.69, 9.17) is 0 Å². The smallest absolute Gasteiger partial charge is 0.311 e. The lowest BCUT2D eigenvalue weighted by molar-refractivity contribution is -0.152. The van der Waals surface area contributed by atoms with E-state index in [0.717, 1.165) is 19.3 Å². The highest BCUT2D eigenvalue weighted by atomic mass is 16.4. The minimum Gasteiger partial charge on any atom is -0.481 e. The van der Waals surface area contributed by atoms with Crippen LogP contribution in [0.5, 0.6) is 0 Å². The number of nitrogens with zero attached hydrogens (tertiary/aromatic N) is 2. The standard InChI is InChI=1S/C14H21N3O3/c1-14(13(19)20)7-3-2-5-11(14)16-12(18)6-10-17-9-4-8-15-17/h4,8-9,11H,2-3,5-7,10H2,1H3,(H,16,18)(H,19,20). The Morgan fingerprint density at radius 2 is 2.30 bits per heavy atom. The molecule has 2 rings (SSSR count). The summed E-state index contributed by atoms with van der Waals surface area (Å²) in [7, 11) is 0. The largest absolute Gasteiger partial charge is 0.481 e. The Labute approximate surface area is 118 Å². The second-order valence-electron chi connectivity index (χ2n) is 5.61. The van der Waals surface area contributed by atoms with Crippen molar-refractivity contribution in [3.05, 3.63) is 18.5 Å². The summed E-state index contributed by atoms with van der Waals surface area (Å²) in [6.45, 7) is 2.24. The number of hydrogen-bond acceptors (Lipinski definition) is 3. The van der Waals surface area contributed by atoms with Crippen molar-refractivity contribution in [1.29, 1.82) is 0 Å². The van der Waals surface area contributed by atoms with E-state index in [-0.39, 0.29) is 11.9 Å². The van der Waals surface area contributed by atoms with E-state index in [1.165, 1.54) is 0 Å². The van der Waals surface area contributed by atoms with Crippen molar-refractivity contribution in [3.63, 3.8) is 0 Å². The molecule has 1 aromatic rings. The van der Waals surface area contributed by atoms with E-state index in [2.05, 4.69) is 10.4 Å². The van der Waals surface area contributed by atoms with Crippen LogP contribution in [0.1, 0.15) is 39.0 Å². The summed E-state index contributed by atoms with van der Waals surface area (Å²) in [5.74, 6) is -0.936. The number of carbonyl (C=O) groups excluding carboxylic acids is 1. The van der Waals surface area contributed by atoms with Gasteiger partial charge in [-0.1, -0.05) is 12.8 Å². The van der Waals surface area contributed by atoms with Gasteiger partial charge in [0.15, 0.2) is 0 Å². The number of carbonyl (C=O) groups is 2. The number of rotatable bonds is 5. The maximum atomic E-state index is 12.0. The maximum Gasteiger partial charge on any atom is 0.311 e. The Bertz CT molecular complexity index is 472. The maximum absolute atomic E-state index is 12.0. The molecule has 6 heteroatoms. The molecule has 1 saturated carbocycles. The summed E-state index contributed by atoms with van der Waals surface area (Å²) in [5.41, 5.74) is -0.848. The van der Waals surface area contributed by atoms with E-state index < -0.39 is 11.4 Å². The predicted octanol–water partition coefficient (Wildman–Crippen LogP) is 1.42. The van der Waals surface area contributed by atoms with Crippen LogP contribution in [-0.2, 0) is 16.1 Å². The van der Waals surface area contributed by atoms with Crippen LogP contribution >= 0.6 is 0 Å². The molecule has 1 aliphatic carbocycles. The minimum absolute atomic E-state index is 0.111. The van der Waals surface area contributed by atoms with E-state index >= 15 is 0 Å². The normalized spacial score (nSPS) is 26.1. The van der Waals surface area contributed by atoms with E-state index in [1.54, 1.807) is 30.1 Å². The van der Waals surface area contributed by atoms with E-state index in [9.17, 15) is 14.7 Å². The van der Waals surface area contributed by atoms with Crippen molar-refractivity contribution in [2.45, 2.75) is 51.6 Å². The third-order valence-electron chi connectivity index (χ3n) is 4.16. The monoisotopic (exact) mass is 279 g/mol. The molecule has 1 aromatic heterocycles. The zero-order chi connectivity index (χ0) is 14.6. The molecular weight excluding hydrogens is 258 g/mol. The van der Waals surface area contributed by atoms with Crippen LogP contribution in [0.15, 0.2) is 18.5 Å². The van der Waals surface area contributed by atoms with Crippen LogP contribution < -0.4 is 5.32 Å². The molecule has 1 heterocycles. The topological polar surface area (TPSA) is 84.2 Å². The molecule has 0 bridgehead atoms. The first-order valence-corrected chi connectivity index (χ1v) is 7.02. The molecule has 2 atom stereocenters. The molecule has 0 saturated heterocycles. The molecule has 2 N–H and O–H groups in total. The fourth-order valence-corrected chi connectivity index (χ4v) is 2.74. The van der Waals surface area contributed by atoms with Crippen molar-refractivity contribution in [1.82, 2.24) is 15.1 Å². The Balaban J connectivity index is 1.90. The third-order valence-corrected chi connectivity index (χ3v) is 4.16. The highest BCUT2D eigenvalue weighted by Gasteiger charge is 2.43. The number of nitrogens with one attached hydrogen (secondary N) is 1. The molecule has 1 amide bonds. The van der Waals surface area contributed by atoms with Gasteiger partial charge in [-0.2, -0.15) is 5.10 Å². The van der Waals surface area contributed by atoms with Gasteiger partial charge in [-0.15, -0.1) is 0 Å². The van der Waals surface area contributed by atoms with Gasteiger partial charge in [0.2, 0.25) is 5.91 Å². The van der Waals surface area contributed by atoms with Gasteiger partial charge < -0.3 is 10.4 Å². The average molecular weight is 279 g/mol. The summed E-state index contributed by atoms with van der Waals surface area (Å²) in [6.07, 6.45) is 7.00. The number of aliphatic carboxylic acids is 1. The zero-order valence-electron chi connectivity index (χ0n) is 11.7. The first-order valence-electron chi connectivity index (χ1n) is 7.02. The molecule has 1 aliphatic rings. The fraction of sp³-hybridized carbons (Fsp3) is 0.643. The number of hydrogen-bond donors (Lipinski definition) is 2. The summed E-state index contributed by atoms with van der Waals surface area (Å²) in [4.78, 5) is 23.4. The minimum atomic E-state index is -0.848. The molecule has 0 radical (unpaired) electrons. The van der Waals surface area contributed by atoms with Crippen molar-refractivity contribution in [3.8, 4) is 0 Å². The molecule has 20 heavy (non-hydrogen) atoms. The lowest BCUT2D eigenvalue weighted by Gasteiger charge is -2.38. The van der Waals surface area contributed by atoms with Crippen molar-refractivity contribution < 1.29 is 14.7 Å². The summed E-state index contributed by atoms with van der Waals surface area (Å²) in [6, 6.07) is 1.53. The van der Waals surface area contributed by atoms with Crippen LogP contribution in [0.2, 0.25) is 0 Å². The van der Waals surface area contributed by atoms with Gasteiger partial charge in [0.25, 0.3) is 0 Å². The molecule has 110 valence electrons. The molecule has 1 fully saturated rings. The fourth-order valence-electron chi connectivity index (χ4n) is 2.74. The molecular formula is C14H21N3O3. The van der Waals surface area contributed by atoms with Gasteiger partial charge in [0.05, 0.1) is 5.41 Å². The Kier molecular flexibility index (Phi) is 4.42. The highest BCUT2D eigenvalue weighted by Crippen LogP contribution is 2.36. The molecule has 0 aromatic carbocycles. The molecule has 0 spiro atoms.